The van der Waals surface area contributed by atoms with Gasteiger partial charge in [0, 0.05) is 24.7 Å². The molecule has 0 bridgehead atoms. The number of ether oxygens (including phenoxy) is 3. The highest BCUT2D eigenvalue weighted by Gasteiger charge is 2.00. The molecule has 6 nitrogen and oxygen atoms in total. The van der Waals surface area contributed by atoms with Crippen LogP contribution < -0.4 is 25.3 Å². The highest BCUT2D eigenvalue weighted by atomic mass is 127. The summed E-state index contributed by atoms with van der Waals surface area (Å²) in [6.07, 6.45) is 0.917. The van der Waals surface area contributed by atoms with Crippen LogP contribution in [-0.4, -0.2) is 32.3 Å². The van der Waals surface area contributed by atoms with E-state index in [4.69, 9.17) is 19.9 Å². The lowest BCUT2D eigenvalue weighted by atomic mass is 10.3. The van der Waals surface area contributed by atoms with Crippen molar-refractivity contribution in [1.82, 2.24) is 0 Å². The van der Waals surface area contributed by atoms with E-state index in [0.717, 1.165) is 29.4 Å². The van der Waals surface area contributed by atoms with E-state index in [1.807, 2.05) is 62.4 Å². The summed E-state index contributed by atoms with van der Waals surface area (Å²) in [7, 11) is 1.63. The first kappa shape index (κ1) is 22.9. The largest absolute Gasteiger partial charge is 0.497 e. The SMILES string of the molecule is COc1cccc(OCCCN=C(N)Nc2ccc(OC(C)C)cc2)c1.I. The van der Waals surface area contributed by atoms with Gasteiger partial charge in [0.1, 0.15) is 17.2 Å². The summed E-state index contributed by atoms with van der Waals surface area (Å²) in [4.78, 5) is 4.30. The van der Waals surface area contributed by atoms with E-state index in [1.54, 1.807) is 7.11 Å². The van der Waals surface area contributed by atoms with Gasteiger partial charge in [-0.3, -0.25) is 4.99 Å². The van der Waals surface area contributed by atoms with E-state index in [-0.39, 0.29) is 30.1 Å². The number of hydrogen-bond donors (Lipinski definition) is 2. The molecule has 3 N–H and O–H groups in total. The Labute approximate surface area is 178 Å². The van der Waals surface area contributed by atoms with E-state index < -0.39 is 0 Å². The van der Waals surface area contributed by atoms with Gasteiger partial charge in [0.15, 0.2) is 5.96 Å². The molecule has 27 heavy (non-hydrogen) atoms. The average Bonchev–Trinajstić information content (AvgIpc) is 2.63. The van der Waals surface area contributed by atoms with Gasteiger partial charge in [-0.15, -0.1) is 24.0 Å². The number of aliphatic imine (C=N–C) groups is 1. The van der Waals surface area contributed by atoms with Gasteiger partial charge in [0.2, 0.25) is 0 Å². The molecule has 0 heterocycles. The topological polar surface area (TPSA) is 78.1 Å². The van der Waals surface area contributed by atoms with Crippen molar-refractivity contribution in [3.05, 3.63) is 48.5 Å². The van der Waals surface area contributed by atoms with Gasteiger partial charge in [-0.05, 0) is 50.2 Å². The molecule has 0 radical (unpaired) electrons. The Kier molecular flexibility index (Phi) is 10.4. The lowest BCUT2D eigenvalue weighted by Gasteiger charge is -2.11. The zero-order chi connectivity index (χ0) is 18.8. The molecule has 2 rings (SSSR count). The van der Waals surface area contributed by atoms with Crippen LogP contribution in [0.15, 0.2) is 53.5 Å². The molecule has 7 heteroatoms. The lowest BCUT2D eigenvalue weighted by molar-refractivity contribution is 0.242. The third kappa shape index (κ3) is 8.85. The predicted octanol–water partition coefficient (Wildman–Crippen LogP) is 4.30. The number of hydrogen-bond acceptors (Lipinski definition) is 4. The van der Waals surface area contributed by atoms with Gasteiger partial charge >= 0.3 is 0 Å². The molecular formula is C20H28IN3O3. The van der Waals surface area contributed by atoms with Crippen molar-refractivity contribution in [1.29, 1.82) is 0 Å². The fourth-order valence-electron chi connectivity index (χ4n) is 2.22. The monoisotopic (exact) mass is 485 g/mol. The van der Waals surface area contributed by atoms with E-state index in [0.29, 0.717) is 19.1 Å². The Morgan fingerprint density at radius 3 is 2.44 bits per heavy atom. The van der Waals surface area contributed by atoms with E-state index >= 15 is 0 Å². The predicted molar refractivity (Wildman–Crippen MR) is 121 cm³/mol. The second-order valence-electron chi connectivity index (χ2n) is 5.96. The first-order valence-corrected chi connectivity index (χ1v) is 8.67. The summed E-state index contributed by atoms with van der Waals surface area (Å²) in [5.74, 6) is 2.77. The molecule has 0 spiro atoms. The molecular weight excluding hydrogens is 457 g/mol. The minimum atomic E-state index is 0. The van der Waals surface area contributed by atoms with Gasteiger partial charge < -0.3 is 25.3 Å². The number of nitrogens with one attached hydrogen (secondary N) is 1. The van der Waals surface area contributed by atoms with Gasteiger partial charge in [0.25, 0.3) is 0 Å². The van der Waals surface area contributed by atoms with Crippen molar-refractivity contribution in [3.8, 4) is 17.2 Å². The van der Waals surface area contributed by atoms with Gasteiger partial charge in [-0.2, -0.15) is 0 Å². The van der Waals surface area contributed by atoms with Crippen LogP contribution in [0.4, 0.5) is 5.69 Å². The summed E-state index contributed by atoms with van der Waals surface area (Å²) in [6, 6.07) is 15.1. The smallest absolute Gasteiger partial charge is 0.193 e. The van der Waals surface area contributed by atoms with Gasteiger partial charge in [-0.25, -0.2) is 0 Å². The maximum absolute atomic E-state index is 5.91. The second kappa shape index (κ2) is 12.3. The molecule has 0 aliphatic carbocycles. The van der Waals surface area contributed by atoms with Crippen LogP contribution in [0, 0.1) is 0 Å². The molecule has 2 aromatic carbocycles. The fourth-order valence-corrected chi connectivity index (χ4v) is 2.22. The molecule has 0 aliphatic rings. The number of anilines is 1. The van der Waals surface area contributed by atoms with Crippen LogP contribution >= 0.6 is 24.0 Å². The highest BCUT2D eigenvalue weighted by molar-refractivity contribution is 14.0. The number of nitrogens with zero attached hydrogens (tertiary/aromatic N) is 1. The Balaban J connectivity index is 0.00000364. The van der Waals surface area contributed by atoms with Crippen molar-refractivity contribution in [2.24, 2.45) is 10.7 Å². The minimum Gasteiger partial charge on any atom is -0.497 e. The normalized spacial score (nSPS) is 10.9. The van der Waals surface area contributed by atoms with Crippen LogP contribution in [0.5, 0.6) is 17.2 Å². The number of guanidine groups is 1. The molecule has 148 valence electrons. The first-order valence-electron chi connectivity index (χ1n) is 8.67. The van der Waals surface area contributed by atoms with Gasteiger partial charge in [-0.1, -0.05) is 6.07 Å². The van der Waals surface area contributed by atoms with E-state index in [9.17, 15) is 0 Å². The molecule has 0 aromatic heterocycles. The highest BCUT2D eigenvalue weighted by Crippen LogP contribution is 2.19. The van der Waals surface area contributed by atoms with Crippen LogP contribution in [0.25, 0.3) is 0 Å². The van der Waals surface area contributed by atoms with Crippen molar-refractivity contribution in [3.63, 3.8) is 0 Å². The molecule has 0 unspecified atom stereocenters. The van der Waals surface area contributed by atoms with Crippen LogP contribution in [-0.2, 0) is 0 Å². The molecule has 0 saturated carbocycles. The molecule has 2 aromatic rings. The third-order valence-corrected chi connectivity index (χ3v) is 3.39. The summed E-state index contributed by atoms with van der Waals surface area (Å²) in [6.45, 7) is 5.13. The van der Waals surface area contributed by atoms with Gasteiger partial charge in [0.05, 0.1) is 19.8 Å². The summed E-state index contributed by atoms with van der Waals surface area (Å²) < 4.78 is 16.4. The fraction of sp³-hybridized carbons (Fsp3) is 0.350. The van der Waals surface area contributed by atoms with Crippen molar-refractivity contribution >= 4 is 35.6 Å². The number of nitrogens with two attached hydrogens (primary N) is 1. The summed E-state index contributed by atoms with van der Waals surface area (Å²) >= 11 is 0. The van der Waals surface area contributed by atoms with Crippen LogP contribution in [0.2, 0.25) is 0 Å². The van der Waals surface area contributed by atoms with Crippen LogP contribution in [0.1, 0.15) is 20.3 Å². The molecule has 0 fully saturated rings. The molecule has 0 amide bonds. The standard InChI is InChI=1S/C20H27N3O3.HI/c1-15(2)26-17-10-8-16(9-11-17)23-20(21)22-12-5-13-25-19-7-4-6-18(14-19)24-3;/h4,6-11,14-15H,5,12-13H2,1-3H3,(H3,21,22,23);1H. The molecule has 0 atom stereocenters. The molecule has 0 saturated heterocycles. The maximum Gasteiger partial charge on any atom is 0.193 e. The Bertz CT molecular complexity index is 706. The van der Waals surface area contributed by atoms with Crippen molar-refractivity contribution < 1.29 is 14.2 Å². The third-order valence-electron chi connectivity index (χ3n) is 3.39. The van der Waals surface area contributed by atoms with E-state index in [2.05, 4.69) is 10.3 Å². The number of halogens is 1. The van der Waals surface area contributed by atoms with Crippen LogP contribution in [0.3, 0.4) is 0 Å². The first-order chi connectivity index (χ1) is 12.6. The Morgan fingerprint density at radius 1 is 1.07 bits per heavy atom. The quantitative estimate of drug-likeness (QED) is 0.240. The zero-order valence-electron chi connectivity index (χ0n) is 16.0. The number of rotatable bonds is 9. The second-order valence-corrected chi connectivity index (χ2v) is 5.96. The molecule has 0 aliphatic heterocycles. The van der Waals surface area contributed by atoms with Crippen molar-refractivity contribution in [2.45, 2.75) is 26.4 Å². The zero-order valence-corrected chi connectivity index (χ0v) is 18.3. The van der Waals surface area contributed by atoms with Crippen molar-refractivity contribution in [2.75, 3.05) is 25.6 Å². The summed E-state index contributed by atoms with van der Waals surface area (Å²) in [5, 5.41) is 3.06. The maximum atomic E-state index is 5.91. The minimum absolute atomic E-state index is 0. The number of methoxy groups -OCH3 is 1. The lowest BCUT2D eigenvalue weighted by Crippen LogP contribution is -2.23. The Hall–Kier alpha value is -2.16. The number of benzene rings is 2. The average molecular weight is 485 g/mol. The van der Waals surface area contributed by atoms with E-state index in [1.165, 1.54) is 0 Å². The Morgan fingerprint density at radius 2 is 1.78 bits per heavy atom. The summed E-state index contributed by atoms with van der Waals surface area (Å²) in [5.41, 5.74) is 6.78.